The molecular formula is C15H22N2O3. The first kappa shape index (κ1) is 16.1. The molecule has 1 unspecified atom stereocenters. The molecule has 1 amide bonds. The van der Waals surface area contributed by atoms with Gasteiger partial charge in [-0.15, -0.1) is 0 Å². The number of rotatable bonds is 8. The Morgan fingerprint density at radius 2 is 2.20 bits per heavy atom. The highest BCUT2D eigenvalue weighted by molar-refractivity contribution is 5.81. The van der Waals surface area contributed by atoms with Crippen molar-refractivity contribution in [3.8, 4) is 5.75 Å². The van der Waals surface area contributed by atoms with E-state index in [9.17, 15) is 9.59 Å². The van der Waals surface area contributed by atoms with Gasteiger partial charge in [-0.1, -0.05) is 19.8 Å². The second-order valence-corrected chi connectivity index (χ2v) is 4.71. The summed E-state index contributed by atoms with van der Waals surface area (Å²) in [5.41, 5.74) is 0.951. The third-order valence-electron chi connectivity index (χ3n) is 2.89. The molecule has 0 bridgehead atoms. The fourth-order valence-electron chi connectivity index (χ4n) is 1.72. The van der Waals surface area contributed by atoms with Crippen molar-refractivity contribution in [2.45, 2.75) is 46.1 Å². The topological polar surface area (TPSA) is 68.3 Å². The standard InChI is InChI=1S/C15H22N2O3/c1-4-5-6-9-16-15(19)12(3)20-14-8-7-11(2)17-13(14)10-18/h7-8,10,12H,4-6,9H2,1-3H3,(H,16,19). The highest BCUT2D eigenvalue weighted by Gasteiger charge is 2.16. The summed E-state index contributed by atoms with van der Waals surface area (Å²) >= 11 is 0. The van der Waals surface area contributed by atoms with E-state index in [2.05, 4.69) is 17.2 Å². The number of amides is 1. The van der Waals surface area contributed by atoms with E-state index in [-0.39, 0.29) is 11.6 Å². The number of hydrogen-bond acceptors (Lipinski definition) is 4. The Morgan fingerprint density at radius 3 is 2.85 bits per heavy atom. The number of nitrogens with one attached hydrogen (secondary N) is 1. The normalized spacial score (nSPS) is 11.8. The van der Waals surface area contributed by atoms with Crippen LogP contribution < -0.4 is 10.1 Å². The van der Waals surface area contributed by atoms with Crippen LogP contribution in [0.1, 0.15) is 49.3 Å². The molecule has 1 aromatic rings. The monoisotopic (exact) mass is 278 g/mol. The van der Waals surface area contributed by atoms with Gasteiger partial charge in [-0.3, -0.25) is 9.59 Å². The van der Waals surface area contributed by atoms with Gasteiger partial charge in [-0.2, -0.15) is 0 Å². The quantitative estimate of drug-likeness (QED) is 0.585. The molecule has 110 valence electrons. The van der Waals surface area contributed by atoms with E-state index in [0.717, 1.165) is 25.0 Å². The molecule has 0 aliphatic heterocycles. The van der Waals surface area contributed by atoms with Crippen molar-refractivity contribution in [1.29, 1.82) is 0 Å². The van der Waals surface area contributed by atoms with Crippen LogP contribution in [0.25, 0.3) is 0 Å². The van der Waals surface area contributed by atoms with Gasteiger partial charge in [0.05, 0.1) is 0 Å². The molecule has 0 saturated heterocycles. The lowest BCUT2D eigenvalue weighted by atomic mass is 10.2. The average Bonchev–Trinajstić information content (AvgIpc) is 2.45. The molecule has 0 aliphatic rings. The predicted molar refractivity (Wildman–Crippen MR) is 77.0 cm³/mol. The summed E-state index contributed by atoms with van der Waals surface area (Å²) in [6.07, 6.45) is 3.14. The minimum absolute atomic E-state index is 0.182. The zero-order valence-electron chi connectivity index (χ0n) is 12.3. The first-order valence-electron chi connectivity index (χ1n) is 6.95. The van der Waals surface area contributed by atoms with E-state index in [1.54, 1.807) is 26.0 Å². The maximum absolute atomic E-state index is 11.8. The molecule has 0 fully saturated rings. The van der Waals surface area contributed by atoms with Gasteiger partial charge in [-0.05, 0) is 32.4 Å². The fourth-order valence-corrected chi connectivity index (χ4v) is 1.72. The van der Waals surface area contributed by atoms with E-state index in [1.807, 2.05) is 0 Å². The summed E-state index contributed by atoms with van der Waals surface area (Å²) in [6.45, 7) is 6.20. The third-order valence-corrected chi connectivity index (χ3v) is 2.89. The minimum atomic E-state index is -0.653. The molecule has 1 rings (SSSR count). The summed E-state index contributed by atoms with van der Waals surface area (Å²) in [4.78, 5) is 26.8. The lowest BCUT2D eigenvalue weighted by Crippen LogP contribution is -2.37. The predicted octanol–water partition coefficient (Wildman–Crippen LogP) is 2.28. The Bertz CT molecular complexity index is 460. The smallest absolute Gasteiger partial charge is 0.260 e. The van der Waals surface area contributed by atoms with Gasteiger partial charge in [0.25, 0.3) is 5.91 Å². The molecule has 1 aromatic heterocycles. The summed E-state index contributed by atoms with van der Waals surface area (Å²) in [5, 5.41) is 2.81. The van der Waals surface area contributed by atoms with Gasteiger partial charge in [0.1, 0.15) is 11.4 Å². The molecule has 5 nitrogen and oxygen atoms in total. The molecule has 1 heterocycles. The fraction of sp³-hybridized carbons (Fsp3) is 0.533. The zero-order valence-corrected chi connectivity index (χ0v) is 12.3. The molecule has 5 heteroatoms. The minimum Gasteiger partial charge on any atom is -0.479 e. The van der Waals surface area contributed by atoms with Crippen LogP contribution in [0.15, 0.2) is 12.1 Å². The van der Waals surface area contributed by atoms with Crippen molar-refractivity contribution >= 4 is 12.2 Å². The molecule has 0 radical (unpaired) electrons. The summed E-state index contributed by atoms with van der Waals surface area (Å²) in [6, 6.07) is 3.40. The number of unbranched alkanes of at least 4 members (excludes halogenated alkanes) is 2. The first-order valence-corrected chi connectivity index (χ1v) is 6.95. The van der Waals surface area contributed by atoms with Crippen LogP contribution in [0, 0.1) is 6.92 Å². The van der Waals surface area contributed by atoms with Crippen molar-refractivity contribution in [1.82, 2.24) is 10.3 Å². The molecule has 20 heavy (non-hydrogen) atoms. The Labute approximate surface area is 119 Å². The van der Waals surface area contributed by atoms with Crippen LogP contribution in [0.3, 0.4) is 0 Å². The van der Waals surface area contributed by atoms with Crippen molar-refractivity contribution in [2.24, 2.45) is 0 Å². The van der Waals surface area contributed by atoms with Crippen LogP contribution in [0.4, 0.5) is 0 Å². The van der Waals surface area contributed by atoms with E-state index in [1.165, 1.54) is 0 Å². The van der Waals surface area contributed by atoms with E-state index in [0.29, 0.717) is 18.6 Å². The summed E-state index contributed by atoms with van der Waals surface area (Å²) in [5.74, 6) is 0.153. The highest BCUT2D eigenvalue weighted by atomic mass is 16.5. The van der Waals surface area contributed by atoms with Crippen LogP contribution in [-0.4, -0.2) is 29.8 Å². The second kappa shape index (κ2) is 8.30. The Balaban J connectivity index is 2.54. The Morgan fingerprint density at radius 1 is 1.45 bits per heavy atom. The van der Waals surface area contributed by atoms with Gasteiger partial charge in [0.2, 0.25) is 0 Å². The maximum Gasteiger partial charge on any atom is 0.260 e. The average molecular weight is 278 g/mol. The van der Waals surface area contributed by atoms with Crippen LogP contribution in [-0.2, 0) is 4.79 Å². The number of hydrogen-bond donors (Lipinski definition) is 1. The first-order chi connectivity index (χ1) is 9.58. The van der Waals surface area contributed by atoms with Crippen molar-refractivity contribution < 1.29 is 14.3 Å². The third kappa shape index (κ3) is 4.99. The number of aromatic nitrogens is 1. The lowest BCUT2D eigenvalue weighted by molar-refractivity contribution is -0.127. The Hall–Kier alpha value is -1.91. The molecule has 1 atom stereocenters. The number of aldehydes is 1. The zero-order chi connectivity index (χ0) is 15.0. The van der Waals surface area contributed by atoms with Gasteiger partial charge in [0.15, 0.2) is 12.4 Å². The van der Waals surface area contributed by atoms with Crippen molar-refractivity contribution in [3.05, 3.63) is 23.5 Å². The van der Waals surface area contributed by atoms with Gasteiger partial charge in [-0.25, -0.2) is 4.98 Å². The van der Waals surface area contributed by atoms with Crippen LogP contribution in [0.5, 0.6) is 5.75 Å². The Kier molecular flexibility index (Phi) is 6.70. The van der Waals surface area contributed by atoms with E-state index < -0.39 is 6.10 Å². The molecular weight excluding hydrogens is 256 g/mol. The summed E-state index contributed by atoms with van der Waals surface area (Å²) < 4.78 is 5.50. The number of pyridine rings is 1. The maximum atomic E-state index is 11.8. The second-order valence-electron chi connectivity index (χ2n) is 4.71. The van der Waals surface area contributed by atoms with Gasteiger partial charge >= 0.3 is 0 Å². The van der Waals surface area contributed by atoms with Crippen molar-refractivity contribution in [3.63, 3.8) is 0 Å². The van der Waals surface area contributed by atoms with E-state index >= 15 is 0 Å². The van der Waals surface area contributed by atoms with E-state index in [4.69, 9.17) is 4.74 Å². The number of aryl methyl sites for hydroxylation is 1. The number of carbonyl (C=O) groups is 2. The van der Waals surface area contributed by atoms with Gasteiger partial charge < -0.3 is 10.1 Å². The number of ether oxygens (including phenoxy) is 1. The highest BCUT2D eigenvalue weighted by Crippen LogP contribution is 2.16. The largest absolute Gasteiger partial charge is 0.479 e. The number of nitrogens with zero attached hydrogens (tertiary/aromatic N) is 1. The van der Waals surface area contributed by atoms with Gasteiger partial charge in [0, 0.05) is 12.2 Å². The molecule has 0 spiro atoms. The molecule has 0 saturated carbocycles. The molecule has 0 aliphatic carbocycles. The number of carbonyl (C=O) groups excluding carboxylic acids is 2. The van der Waals surface area contributed by atoms with Crippen LogP contribution in [0.2, 0.25) is 0 Å². The van der Waals surface area contributed by atoms with Crippen molar-refractivity contribution in [2.75, 3.05) is 6.54 Å². The summed E-state index contributed by atoms with van der Waals surface area (Å²) in [7, 11) is 0. The lowest BCUT2D eigenvalue weighted by Gasteiger charge is -2.15. The molecule has 1 N–H and O–H groups in total. The SMILES string of the molecule is CCCCCNC(=O)C(C)Oc1ccc(C)nc1C=O. The van der Waals surface area contributed by atoms with Crippen LogP contribution >= 0.6 is 0 Å². The molecule has 0 aromatic carbocycles.